The van der Waals surface area contributed by atoms with E-state index in [-0.39, 0.29) is 0 Å². The predicted molar refractivity (Wildman–Crippen MR) is 78.3 cm³/mol. The predicted octanol–water partition coefficient (Wildman–Crippen LogP) is 2.11. The van der Waals surface area contributed by atoms with E-state index in [1.807, 2.05) is 19.1 Å². The molecule has 3 heteroatoms. The minimum atomic E-state index is 0.318. The maximum atomic E-state index is 10.0. The van der Waals surface area contributed by atoms with Gasteiger partial charge in [0.15, 0.2) is 0 Å². The van der Waals surface area contributed by atoms with Gasteiger partial charge in [-0.05, 0) is 42.1 Å². The van der Waals surface area contributed by atoms with Gasteiger partial charge in [0.25, 0.3) is 0 Å². The average Bonchev–Trinajstić information content (AvgIpc) is 2.71. The molecule has 1 aromatic heterocycles. The highest BCUT2D eigenvalue weighted by Crippen LogP contribution is 2.31. The number of aromatic nitrogens is 1. The van der Waals surface area contributed by atoms with E-state index >= 15 is 0 Å². The molecular weight excluding hydrogens is 221 g/mol. The average molecular weight is 235 g/mol. The second kappa shape index (κ2) is 3.95. The van der Waals surface area contributed by atoms with Gasteiger partial charge in [-0.2, -0.15) is 0 Å². The number of fused-ring (bicyclic) bond motifs is 1. The molecule has 0 amide bonds. The molecule has 0 bridgehead atoms. The van der Waals surface area contributed by atoms with Crippen molar-refractivity contribution in [2.45, 2.75) is 6.92 Å². The molecule has 0 aliphatic rings. The molecule has 0 aliphatic heterocycles. The molecule has 0 saturated heterocycles. The zero-order valence-electron chi connectivity index (χ0n) is 10.5. The maximum absolute atomic E-state index is 10.0. The number of aromatic hydroxyl groups is 1. The first kappa shape index (κ1) is 11.0. The van der Waals surface area contributed by atoms with Crippen molar-refractivity contribution in [2.24, 2.45) is 0 Å². The van der Waals surface area contributed by atoms with Crippen LogP contribution in [0.15, 0.2) is 42.5 Å². The third kappa shape index (κ3) is 1.78. The van der Waals surface area contributed by atoms with Crippen molar-refractivity contribution >= 4 is 24.2 Å². The van der Waals surface area contributed by atoms with Crippen molar-refractivity contribution in [3.8, 4) is 17.0 Å². The summed E-state index contributed by atoms with van der Waals surface area (Å²) in [6.45, 7) is 1.97. The molecule has 2 nitrogen and oxygen atoms in total. The topological polar surface area (TPSA) is 36.0 Å². The molecule has 0 radical (unpaired) electrons. The molecule has 2 aromatic carbocycles. The SMILES string of the molecule is Bc1ccc2[nH]c(-c3ccc(C)cc3O)cc2c1. The lowest BCUT2D eigenvalue weighted by Crippen LogP contribution is -1.98. The van der Waals surface area contributed by atoms with Gasteiger partial charge in [0.1, 0.15) is 13.6 Å². The molecule has 1 heterocycles. The zero-order chi connectivity index (χ0) is 12.7. The van der Waals surface area contributed by atoms with Crippen LogP contribution in [-0.2, 0) is 0 Å². The van der Waals surface area contributed by atoms with Gasteiger partial charge in [0.2, 0.25) is 0 Å². The van der Waals surface area contributed by atoms with Crippen molar-refractivity contribution in [3.05, 3.63) is 48.0 Å². The molecule has 3 rings (SSSR count). The van der Waals surface area contributed by atoms with Gasteiger partial charge in [-0.15, -0.1) is 0 Å². The maximum Gasteiger partial charge on any atom is 0.139 e. The first-order valence-electron chi connectivity index (χ1n) is 6.03. The molecule has 18 heavy (non-hydrogen) atoms. The number of hydrogen-bond acceptors (Lipinski definition) is 1. The Labute approximate surface area is 107 Å². The fourth-order valence-corrected chi connectivity index (χ4v) is 2.27. The summed E-state index contributed by atoms with van der Waals surface area (Å²) in [6, 6.07) is 14.1. The second-order valence-electron chi connectivity index (χ2n) is 4.79. The van der Waals surface area contributed by atoms with Gasteiger partial charge in [-0.25, -0.2) is 0 Å². The molecular formula is C15H14BNO. The lowest BCUT2D eigenvalue weighted by atomic mass is 9.95. The third-order valence-corrected chi connectivity index (χ3v) is 3.22. The summed E-state index contributed by atoms with van der Waals surface area (Å²) in [4.78, 5) is 3.34. The molecule has 0 spiro atoms. The van der Waals surface area contributed by atoms with Gasteiger partial charge in [0, 0.05) is 11.1 Å². The smallest absolute Gasteiger partial charge is 0.139 e. The van der Waals surface area contributed by atoms with E-state index in [0.29, 0.717) is 5.75 Å². The summed E-state index contributed by atoms with van der Waals surface area (Å²) >= 11 is 0. The van der Waals surface area contributed by atoms with Crippen LogP contribution in [0.1, 0.15) is 5.56 Å². The molecule has 0 aliphatic carbocycles. The molecule has 0 saturated carbocycles. The fraction of sp³-hybridized carbons (Fsp3) is 0.0667. The Hall–Kier alpha value is -2.16. The zero-order valence-corrected chi connectivity index (χ0v) is 10.5. The summed E-state index contributed by atoms with van der Waals surface area (Å²) in [6.07, 6.45) is 0. The van der Waals surface area contributed by atoms with Crippen LogP contribution in [0.4, 0.5) is 0 Å². The molecule has 0 fully saturated rings. The summed E-state index contributed by atoms with van der Waals surface area (Å²) in [7, 11) is 2.08. The lowest BCUT2D eigenvalue weighted by Gasteiger charge is -2.02. The van der Waals surface area contributed by atoms with Gasteiger partial charge in [-0.3, -0.25) is 0 Å². The summed E-state index contributed by atoms with van der Waals surface area (Å²) in [5, 5.41) is 11.2. The van der Waals surface area contributed by atoms with Crippen LogP contribution in [0, 0.1) is 6.92 Å². The normalized spacial score (nSPS) is 10.9. The number of aromatic amines is 1. The number of phenols is 1. The van der Waals surface area contributed by atoms with Crippen LogP contribution in [-0.4, -0.2) is 17.9 Å². The van der Waals surface area contributed by atoms with Crippen LogP contribution in [0.2, 0.25) is 0 Å². The Kier molecular flexibility index (Phi) is 2.41. The monoisotopic (exact) mass is 235 g/mol. The minimum absolute atomic E-state index is 0.318. The lowest BCUT2D eigenvalue weighted by molar-refractivity contribution is 0.477. The van der Waals surface area contributed by atoms with Crippen molar-refractivity contribution < 1.29 is 5.11 Å². The number of nitrogens with one attached hydrogen (secondary N) is 1. The second-order valence-corrected chi connectivity index (χ2v) is 4.79. The van der Waals surface area contributed by atoms with E-state index in [1.165, 1.54) is 10.8 Å². The van der Waals surface area contributed by atoms with Crippen LogP contribution >= 0.6 is 0 Å². The highest BCUT2D eigenvalue weighted by molar-refractivity contribution is 6.33. The third-order valence-electron chi connectivity index (χ3n) is 3.22. The standard InChI is InChI=1S/C15H14BNO/c1-9-2-4-12(15(18)6-9)14-8-10-7-11(16)3-5-13(10)17-14/h2-8,17-18H,16H2,1H3. The largest absolute Gasteiger partial charge is 0.507 e. The quantitative estimate of drug-likeness (QED) is 0.622. The highest BCUT2D eigenvalue weighted by atomic mass is 16.3. The molecule has 2 N–H and O–H groups in total. The van der Waals surface area contributed by atoms with Crippen LogP contribution < -0.4 is 5.46 Å². The number of rotatable bonds is 1. The van der Waals surface area contributed by atoms with Crippen molar-refractivity contribution in [1.29, 1.82) is 0 Å². The number of phenolic OH excluding ortho intramolecular Hbond substituents is 1. The van der Waals surface area contributed by atoms with E-state index in [2.05, 4.69) is 37.1 Å². The number of hydrogen-bond donors (Lipinski definition) is 2. The number of benzene rings is 2. The first-order valence-corrected chi connectivity index (χ1v) is 6.03. The molecule has 88 valence electrons. The molecule has 0 unspecified atom stereocenters. The van der Waals surface area contributed by atoms with Crippen LogP contribution in [0.3, 0.4) is 0 Å². The first-order chi connectivity index (χ1) is 8.63. The van der Waals surface area contributed by atoms with Gasteiger partial charge in [-0.1, -0.05) is 23.7 Å². The highest BCUT2D eigenvalue weighted by Gasteiger charge is 2.07. The fourth-order valence-electron chi connectivity index (χ4n) is 2.27. The Balaban J connectivity index is 2.19. The Morgan fingerprint density at radius 2 is 1.89 bits per heavy atom. The minimum Gasteiger partial charge on any atom is -0.507 e. The van der Waals surface area contributed by atoms with E-state index in [9.17, 15) is 5.11 Å². The number of aryl methyl sites for hydroxylation is 1. The van der Waals surface area contributed by atoms with E-state index in [0.717, 1.165) is 22.3 Å². The van der Waals surface area contributed by atoms with E-state index < -0.39 is 0 Å². The Bertz CT molecular complexity index is 730. The van der Waals surface area contributed by atoms with Gasteiger partial charge in [0.05, 0.1) is 5.69 Å². The van der Waals surface area contributed by atoms with E-state index in [4.69, 9.17) is 0 Å². The molecule has 0 atom stereocenters. The van der Waals surface area contributed by atoms with Crippen LogP contribution in [0.5, 0.6) is 5.75 Å². The van der Waals surface area contributed by atoms with Crippen LogP contribution in [0.25, 0.3) is 22.2 Å². The van der Waals surface area contributed by atoms with Gasteiger partial charge < -0.3 is 10.1 Å². The summed E-state index contributed by atoms with van der Waals surface area (Å²) in [5.41, 5.74) is 5.18. The summed E-state index contributed by atoms with van der Waals surface area (Å²) < 4.78 is 0. The van der Waals surface area contributed by atoms with Crippen molar-refractivity contribution in [3.63, 3.8) is 0 Å². The van der Waals surface area contributed by atoms with Crippen molar-refractivity contribution in [1.82, 2.24) is 4.98 Å². The summed E-state index contributed by atoms with van der Waals surface area (Å²) in [5.74, 6) is 0.318. The Morgan fingerprint density at radius 3 is 2.67 bits per heavy atom. The van der Waals surface area contributed by atoms with Crippen molar-refractivity contribution in [2.75, 3.05) is 0 Å². The number of H-pyrrole nitrogens is 1. The van der Waals surface area contributed by atoms with Gasteiger partial charge >= 0.3 is 0 Å². The van der Waals surface area contributed by atoms with E-state index in [1.54, 1.807) is 6.07 Å². The molecule has 3 aromatic rings. The Morgan fingerprint density at radius 1 is 1.06 bits per heavy atom.